The van der Waals surface area contributed by atoms with Gasteiger partial charge in [0.2, 0.25) is 0 Å². The number of hydrogen-bond acceptors (Lipinski definition) is 5. The number of carbonyl (C=O) groups is 1. The summed E-state index contributed by atoms with van der Waals surface area (Å²) in [6.07, 6.45) is 0.565. The summed E-state index contributed by atoms with van der Waals surface area (Å²) in [6.45, 7) is 0.0361. The normalized spacial score (nSPS) is 11.5. The van der Waals surface area contributed by atoms with Crippen LogP contribution in [-0.4, -0.2) is 24.8 Å². The third-order valence-corrected chi connectivity index (χ3v) is 3.74. The van der Waals surface area contributed by atoms with Crippen LogP contribution < -0.4 is 20.1 Å². The Morgan fingerprint density at radius 3 is 2.48 bits per heavy atom. The highest BCUT2D eigenvalue weighted by Crippen LogP contribution is 2.31. The first-order valence-electron chi connectivity index (χ1n) is 8.33. The number of carbonyl (C=O) groups excluding carboxylic acids is 1. The number of benzene rings is 2. The van der Waals surface area contributed by atoms with Crippen LogP contribution in [0.4, 0.5) is 10.5 Å². The van der Waals surface area contributed by atoms with E-state index in [0.29, 0.717) is 28.7 Å². The predicted octanol–water partition coefficient (Wildman–Crippen LogP) is 3.94. The van der Waals surface area contributed by atoms with E-state index in [1.807, 2.05) is 24.3 Å². The zero-order valence-electron chi connectivity index (χ0n) is 14.7. The first kappa shape index (κ1) is 18.3. The van der Waals surface area contributed by atoms with Crippen molar-refractivity contribution >= 4 is 11.7 Å². The van der Waals surface area contributed by atoms with Gasteiger partial charge in [-0.05, 0) is 48.5 Å². The minimum absolute atomic E-state index is 0.0361. The monoisotopic (exact) mass is 368 g/mol. The number of para-hydroxylation sites is 2. The van der Waals surface area contributed by atoms with Crippen LogP contribution >= 0.6 is 0 Å². The summed E-state index contributed by atoms with van der Waals surface area (Å²) >= 11 is 0. The molecule has 0 radical (unpaired) electrons. The van der Waals surface area contributed by atoms with Crippen molar-refractivity contribution in [2.75, 3.05) is 19.0 Å². The van der Waals surface area contributed by atoms with Crippen LogP contribution in [-0.2, 0) is 0 Å². The number of nitrogens with one attached hydrogen (secondary N) is 2. The Labute approximate surface area is 156 Å². The number of hydrogen-bond donors (Lipinski definition) is 3. The Morgan fingerprint density at radius 1 is 1.07 bits per heavy atom. The van der Waals surface area contributed by atoms with E-state index in [9.17, 15) is 9.90 Å². The maximum atomic E-state index is 11.9. The van der Waals surface area contributed by atoms with Gasteiger partial charge in [-0.3, -0.25) is 0 Å². The smallest absolute Gasteiger partial charge is 0.319 e. The summed E-state index contributed by atoms with van der Waals surface area (Å²) in [5.74, 6) is 2.24. The molecule has 1 atom stereocenters. The molecule has 0 aliphatic heterocycles. The zero-order valence-corrected chi connectivity index (χ0v) is 14.7. The second kappa shape index (κ2) is 8.77. The number of furan rings is 1. The first-order chi connectivity index (χ1) is 13.2. The van der Waals surface area contributed by atoms with Crippen molar-refractivity contribution in [3.05, 3.63) is 72.7 Å². The lowest BCUT2D eigenvalue weighted by atomic mass is 10.2. The lowest BCUT2D eigenvalue weighted by Gasteiger charge is -2.12. The number of aliphatic hydroxyl groups is 1. The lowest BCUT2D eigenvalue weighted by molar-refractivity contribution is 0.149. The average Bonchev–Trinajstić information content (AvgIpc) is 3.23. The Hall–Kier alpha value is -3.45. The fourth-order valence-corrected chi connectivity index (χ4v) is 2.38. The third kappa shape index (κ3) is 5.02. The van der Waals surface area contributed by atoms with Gasteiger partial charge in [0.1, 0.15) is 17.6 Å². The Balaban J connectivity index is 1.52. The molecule has 3 N–H and O–H groups in total. The maximum absolute atomic E-state index is 11.9. The van der Waals surface area contributed by atoms with Crippen molar-refractivity contribution in [3.63, 3.8) is 0 Å². The Kier molecular flexibility index (Phi) is 5.96. The van der Waals surface area contributed by atoms with Crippen molar-refractivity contribution < 1.29 is 23.8 Å². The largest absolute Gasteiger partial charge is 0.493 e. The summed E-state index contributed by atoms with van der Waals surface area (Å²) in [5.41, 5.74) is 0.590. The van der Waals surface area contributed by atoms with Gasteiger partial charge in [-0.15, -0.1) is 0 Å². The fraction of sp³-hybridized carbons (Fsp3) is 0.150. The summed E-state index contributed by atoms with van der Waals surface area (Å²) in [4.78, 5) is 11.9. The van der Waals surface area contributed by atoms with Gasteiger partial charge in [-0.1, -0.05) is 12.1 Å². The van der Waals surface area contributed by atoms with Crippen molar-refractivity contribution in [2.45, 2.75) is 6.10 Å². The van der Waals surface area contributed by atoms with Crippen LogP contribution in [0.25, 0.3) is 0 Å². The van der Waals surface area contributed by atoms with E-state index in [0.717, 1.165) is 0 Å². The molecule has 3 aromatic rings. The summed E-state index contributed by atoms with van der Waals surface area (Å²) in [6, 6.07) is 17.1. The van der Waals surface area contributed by atoms with E-state index in [1.54, 1.807) is 43.5 Å². The van der Waals surface area contributed by atoms with Crippen LogP contribution in [0, 0.1) is 0 Å². The van der Waals surface area contributed by atoms with Crippen molar-refractivity contribution in [2.24, 2.45) is 0 Å². The van der Waals surface area contributed by atoms with Gasteiger partial charge in [0.15, 0.2) is 11.5 Å². The molecule has 3 rings (SSSR count). The number of urea groups is 1. The van der Waals surface area contributed by atoms with E-state index < -0.39 is 12.1 Å². The quantitative estimate of drug-likeness (QED) is 0.587. The second-order valence-corrected chi connectivity index (χ2v) is 5.64. The number of aliphatic hydroxyl groups excluding tert-OH is 1. The molecule has 1 unspecified atom stereocenters. The molecule has 140 valence electrons. The SMILES string of the molecule is COc1ccccc1Oc1ccc(NC(=O)NCC(O)c2ccco2)cc1. The van der Waals surface area contributed by atoms with Crippen molar-refractivity contribution in [3.8, 4) is 17.2 Å². The minimum Gasteiger partial charge on any atom is -0.493 e. The maximum Gasteiger partial charge on any atom is 0.319 e. The molecule has 0 fully saturated rings. The van der Waals surface area contributed by atoms with Gasteiger partial charge in [-0.2, -0.15) is 0 Å². The summed E-state index contributed by atoms with van der Waals surface area (Å²) in [7, 11) is 1.58. The molecule has 1 aromatic heterocycles. The molecular weight excluding hydrogens is 348 g/mol. The molecule has 0 aliphatic rings. The molecule has 2 amide bonds. The number of methoxy groups -OCH3 is 1. The molecule has 0 spiro atoms. The van der Waals surface area contributed by atoms with Gasteiger partial charge in [0.05, 0.1) is 19.9 Å². The zero-order chi connectivity index (χ0) is 19.1. The fourth-order valence-electron chi connectivity index (χ4n) is 2.38. The molecule has 7 heteroatoms. The standard InChI is InChI=1S/C20H20N2O5/c1-25-18-5-2-3-6-19(18)27-15-10-8-14(9-11-15)22-20(24)21-13-16(23)17-7-4-12-26-17/h2-12,16,23H,13H2,1H3,(H2,21,22,24). The average molecular weight is 368 g/mol. The molecule has 27 heavy (non-hydrogen) atoms. The first-order valence-corrected chi connectivity index (χ1v) is 8.33. The molecule has 0 bridgehead atoms. The van der Waals surface area contributed by atoms with Crippen LogP contribution in [0.3, 0.4) is 0 Å². The highest BCUT2D eigenvalue weighted by atomic mass is 16.5. The van der Waals surface area contributed by atoms with E-state index in [2.05, 4.69) is 10.6 Å². The lowest BCUT2D eigenvalue weighted by Crippen LogP contribution is -2.32. The molecule has 0 aliphatic carbocycles. The molecule has 7 nitrogen and oxygen atoms in total. The molecule has 0 saturated carbocycles. The molecular formula is C20H20N2O5. The van der Waals surface area contributed by atoms with E-state index in [4.69, 9.17) is 13.9 Å². The van der Waals surface area contributed by atoms with Crippen LogP contribution in [0.1, 0.15) is 11.9 Å². The van der Waals surface area contributed by atoms with Crippen LogP contribution in [0.15, 0.2) is 71.3 Å². The Bertz CT molecular complexity index is 862. The summed E-state index contributed by atoms with van der Waals surface area (Å²) in [5, 5.41) is 15.1. The number of anilines is 1. The van der Waals surface area contributed by atoms with Crippen molar-refractivity contribution in [1.82, 2.24) is 5.32 Å². The third-order valence-electron chi connectivity index (χ3n) is 3.74. The number of ether oxygens (including phenoxy) is 2. The van der Waals surface area contributed by atoms with Crippen LogP contribution in [0.5, 0.6) is 17.2 Å². The van der Waals surface area contributed by atoms with Crippen LogP contribution in [0.2, 0.25) is 0 Å². The molecule has 2 aromatic carbocycles. The van der Waals surface area contributed by atoms with Gasteiger partial charge in [0, 0.05) is 5.69 Å². The number of rotatable bonds is 7. The van der Waals surface area contributed by atoms with E-state index >= 15 is 0 Å². The predicted molar refractivity (Wildman–Crippen MR) is 100 cm³/mol. The second-order valence-electron chi connectivity index (χ2n) is 5.64. The van der Waals surface area contributed by atoms with E-state index in [1.165, 1.54) is 6.26 Å². The Morgan fingerprint density at radius 2 is 1.81 bits per heavy atom. The van der Waals surface area contributed by atoms with Gasteiger partial charge in [0.25, 0.3) is 0 Å². The highest BCUT2D eigenvalue weighted by Gasteiger charge is 2.12. The van der Waals surface area contributed by atoms with E-state index in [-0.39, 0.29) is 6.54 Å². The summed E-state index contributed by atoms with van der Waals surface area (Å²) < 4.78 is 16.1. The minimum atomic E-state index is -0.901. The van der Waals surface area contributed by atoms with Gasteiger partial charge in [-0.25, -0.2) is 4.79 Å². The highest BCUT2D eigenvalue weighted by molar-refractivity contribution is 5.89. The topological polar surface area (TPSA) is 93.0 Å². The van der Waals surface area contributed by atoms with Gasteiger partial charge >= 0.3 is 6.03 Å². The molecule has 1 heterocycles. The number of amides is 2. The molecule has 0 saturated heterocycles. The van der Waals surface area contributed by atoms with Crippen molar-refractivity contribution in [1.29, 1.82) is 0 Å². The van der Waals surface area contributed by atoms with Gasteiger partial charge < -0.3 is 29.6 Å².